The van der Waals surface area contributed by atoms with E-state index in [1.165, 1.54) is 0 Å². The Labute approximate surface area is 145 Å². The molecule has 0 aromatic heterocycles. The third kappa shape index (κ3) is 7.04. The summed E-state index contributed by atoms with van der Waals surface area (Å²) in [6, 6.07) is 0.0841. The molecule has 2 atom stereocenters. The first kappa shape index (κ1) is 22.0. The van der Waals surface area contributed by atoms with Crippen LogP contribution in [0.2, 0.25) is 0 Å². The molecule has 0 radical (unpaired) electrons. The van der Waals surface area contributed by atoms with Gasteiger partial charge in [0.05, 0.1) is 12.6 Å². The van der Waals surface area contributed by atoms with E-state index in [2.05, 4.69) is 11.8 Å². The van der Waals surface area contributed by atoms with Crippen LogP contribution >= 0.6 is 24.2 Å². The lowest BCUT2D eigenvalue weighted by molar-refractivity contribution is -0.135. The molecule has 0 aromatic rings. The van der Waals surface area contributed by atoms with Gasteiger partial charge in [0.25, 0.3) is 0 Å². The zero-order chi connectivity index (χ0) is 15.7. The first-order valence-corrected chi connectivity index (χ1v) is 9.38. The lowest BCUT2D eigenvalue weighted by Crippen LogP contribution is -2.58. The number of hydrogen-bond donors (Lipinski definition) is 1. The molecule has 22 heavy (non-hydrogen) atoms. The molecule has 1 saturated heterocycles. The lowest BCUT2D eigenvalue weighted by Gasteiger charge is -2.41. The summed E-state index contributed by atoms with van der Waals surface area (Å²) in [5.41, 5.74) is 6.02. The van der Waals surface area contributed by atoms with Gasteiger partial charge in [-0.25, -0.2) is 0 Å². The van der Waals surface area contributed by atoms with E-state index < -0.39 is 0 Å². The normalized spacial score (nSPS) is 20.5. The van der Waals surface area contributed by atoms with Crippen molar-refractivity contribution in [3.63, 3.8) is 0 Å². The van der Waals surface area contributed by atoms with Gasteiger partial charge in [0.1, 0.15) is 0 Å². The Morgan fingerprint density at radius 1 is 1.41 bits per heavy atom. The monoisotopic (exact) mass is 353 g/mol. The van der Waals surface area contributed by atoms with Gasteiger partial charge in [-0.3, -0.25) is 9.69 Å². The fraction of sp³-hybridized carbons (Fsp3) is 0.933. The number of ether oxygens (including phenoxy) is 1. The van der Waals surface area contributed by atoms with Gasteiger partial charge in [-0.05, 0) is 31.8 Å². The maximum absolute atomic E-state index is 12.4. The van der Waals surface area contributed by atoms with Crippen molar-refractivity contribution in [1.82, 2.24) is 9.80 Å². The van der Waals surface area contributed by atoms with Crippen LogP contribution in [0, 0.1) is 0 Å². The van der Waals surface area contributed by atoms with Gasteiger partial charge in [0.15, 0.2) is 0 Å². The summed E-state index contributed by atoms with van der Waals surface area (Å²) in [7, 11) is 0. The van der Waals surface area contributed by atoms with E-state index in [4.69, 9.17) is 10.5 Å². The summed E-state index contributed by atoms with van der Waals surface area (Å²) in [5, 5.41) is 0. The molecule has 1 aliphatic rings. The van der Waals surface area contributed by atoms with E-state index in [0.29, 0.717) is 6.04 Å². The molecule has 2 N–H and O–H groups in total. The van der Waals surface area contributed by atoms with Crippen LogP contribution in [0.25, 0.3) is 0 Å². The SMILES string of the molecule is CCOCCN1CCN(C(=O)[C@@H](N)CCSC)CC1CC.Cl. The molecule has 132 valence electrons. The topological polar surface area (TPSA) is 58.8 Å². The van der Waals surface area contributed by atoms with Crippen LogP contribution in [0.15, 0.2) is 0 Å². The number of amides is 1. The van der Waals surface area contributed by atoms with Gasteiger partial charge in [-0.2, -0.15) is 11.8 Å². The van der Waals surface area contributed by atoms with Crippen molar-refractivity contribution in [3.05, 3.63) is 0 Å². The molecule has 0 aliphatic carbocycles. The first-order valence-electron chi connectivity index (χ1n) is 7.99. The van der Waals surface area contributed by atoms with Crippen LogP contribution in [0.4, 0.5) is 0 Å². The molecule has 1 heterocycles. The average Bonchev–Trinajstić information content (AvgIpc) is 2.52. The van der Waals surface area contributed by atoms with Crippen molar-refractivity contribution in [2.75, 3.05) is 51.4 Å². The second kappa shape index (κ2) is 12.4. The largest absolute Gasteiger partial charge is 0.380 e. The number of hydrogen-bond acceptors (Lipinski definition) is 5. The molecule has 7 heteroatoms. The van der Waals surface area contributed by atoms with Crippen LogP contribution < -0.4 is 5.73 Å². The minimum Gasteiger partial charge on any atom is -0.380 e. The molecule has 0 saturated carbocycles. The first-order chi connectivity index (χ1) is 10.1. The van der Waals surface area contributed by atoms with Gasteiger partial charge < -0.3 is 15.4 Å². The highest BCUT2D eigenvalue weighted by molar-refractivity contribution is 7.98. The summed E-state index contributed by atoms with van der Waals surface area (Å²) in [6.07, 6.45) is 3.86. The maximum Gasteiger partial charge on any atom is 0.239 e. The minimum atomic E-state index is -0.343. The van der Waals surface area contributed by atoms with Gasteiger partial charge in [-0.15, -0.1) is 12.4 Å². The molecule has 0 bridgehead atoms. The van der Waals surface area contributed by atoms with Gasteiger partial charge >= 0.3 is 0 Å². The lowest BCUT2D eigenvalue weighted by atomic mass is 10.1. The van der Waals surface area contributed by atoms with E-state index in [1.54, 1.807) is 11.8 Å². The number of nitrogens with zero attached hydrogens (tertiary/aromatic N) is 2. The molecule has 1 fully saturated rings. The number of carbonyl (C=O) groups is 1. The second-order valence-electron chi connectivity index (χ2n) is 5.47. The van der Waals surface area contributed by atoms with Crippen molar-refractivity contribution < 1.29 is 9.53 Å². The number of halogens is 1. The van der Waals surface area contributed by atoms with Crippen molar-refractivity contribution in [1.29, 1.82) is 0 Å². The average molecular weight is 354 g/mol. The van der Waals surface area contributed by atoms with Crippen LogP contribution in [-0.2, 0) is 9.53 Å². The summed E-state index contributed by atoms with van der Waals surface area (Å²) in [6.45, 7) is 9.19. The third-order valence-electron chi connectivity index (χ3n) is 4.06. The Morgan fingerprint density at radius 2 is 2.14 bits per heavy atom. The molecule has 1 aliphatic heterocycles. The van der Waals surface area contributed by atoms with E-state index in [9.17, 15) is 4.79 Å². The van der Waals surface area contributed by atoms with Crippen molar-refractivity contribution in [2.45, 2.75) is 38.8 Å². The van der Waals surface area contributed by atoms with E-state index in [-0.39, 0.29) is 24.4 Å². The van der Waals surface area contributed by atoms with E-state index in [0.717, 1.165) is 58.0 Å². The molecule has 0 spiro atoms. The Bertz CT molecular complexity index is 311. The second-order valence-corrected chi connectivity index (χ2v) is 6.45. The molecular formula is C15H32ClN3O2S. The standard InChI is InChI=1S/C15H31N3O2S.ClH/c1-4-13-12-18(15(19)14(16)6-11-21-3)8-7-17(13)9-10-20-5-2;/h13-14H,4-12,16H2,1-3H3;1H/t13?,14-;/m0./s1. The smallest absolute Gasteiger partial charge is 0.239 e. The summed E-state index contributed by atoms with van der Waals surface area (Å²) < 4.78 is 5.44. The summed E-state index contributed by atoms with van der Waals surface area (Å²) in [5.74, 6) is 1.06. The quantitative estimate of drug-likeness (QED) is 0.636. The molecular weight excluding hydrogens is 322 g/mol. The Balaban J connectivity index is 0.00000441. The van der Waals surface area contributed by atoms with Crippen molar-refractivity contribution in [3.8, 4) is 0 Å². The van der Waals surface area contributed by atoms with Crippen molar-refractivity contribution >= 4 is 30.1 Å². The maximum atomic E-state index is 12.4. The molecule has 1 amide bonds. The van der Waals surface area contributed by atoms with Gasteiger partial charge in [0.2, 0.25) is 5.91 Å². The highest BCUT2D eigenvalue weighted by Crippen LogP contribution is 2.14. The number of rotatable bonds is 9. The predicted octanol–water partition coefficient (Wildman–Crippen LogP) is 1.45. The van der Waals surface area contributed by atoms with Gasteiger partial charge in [0, 0.05) is 38.8 Å². The fourth-order valence-corrected chi connectivity index (χ4v) is 3.19. The van der Waals surface area contributed by atoms with Crippen LogP contribution in [0.1, 0.15) is 26.7 Å². The highest BCUT2D eigenvalue weighted by atomic mass is 35.5. The highest BCUT2D eigenvalue weighted by Gasteiger charge is 2.30. The summed E-state index contributed by atoms with van der Waals surface area (Å²) in [4.78, 5) is 16.8. The predicted molar refractivity (Wildman–Crippen MR) is 96.9 cm³/mol. The number of nitrogens with two attached hydrogens (primary N) is 1. The van der Waals surface area contributed by atoms with Crippen LogP contribution in [0.3, 0.4) is 0 Å². The minimum absolute atomic E-state index is 0. The van der Waals surface area contributed by atoms with E-state index >= 15 is 0 Å². The van der Waals surface area contributed by atoms with Crippen molar-refractivity contribution in [2.24, 2.45) is 5.73 Å². The number of carbonyl (C=O) groups excluding carboxylic acids is 1. The molecule has 5 nitrogen and oxygen atoms in total. The van der Waals surface area contributed by atoms with Crippen LogP contribution in [-0.4, -0.2) is 79.2 Å². The fourth-order valence-electron chi connectivity index (χ4n) is 2.70. The number of thioether (sulfide) groups is 1. The number of piperazine rings is 1. The Hall–Kier alpha value is -0.0100. The van der Waals surface area contributed by atoms with E-state index in [1.807, 2.05) is 18.1 Å². The zero-order valence-electron chi connectivity index (χ0n) is 14.1. The molecule has 1 rings (SSSR count). The Morgan fingerprint density at radius 3 is 2.73 bits per heavy atom. The zero-order valence-corrected chi connectivity index (χ0v) is 15.8. The third-order valence-corrected chi connectivity index (χ3v) is 4.71. The molecule has 0 aromatic carbocycles. The molecule has 1 unspecified atom stereocenters. The summed E-state index contributed by atoms with van der Waals surface area (Å²) >= 11 is 1.74. The van der Waals surface area contributed by atoms with Gasteiger partial charge in [-0.1, -0.05) is 6.92 Å². The van der Waals surface area contributed by atoms with Crippen LogP contribution in [0.5, 0.6) is 0 Å². The Kier molecular flexibility index (Phi) is 12.4.